The highest BCUT2D eigenvalue weighted by atomic mass is 32.2. The third-order valence-electron chi connectivity index (χ3n) is 2.05. The van der Waals surface area contributed by atoms with Crippen LogP contribution in [-0.2, 0) is 0 Å². The number of benzene rings is 1. The fraction of sp³-hybridized carbons (Fsp3) is 0.364. The minimum Gasteiger partial charge on any atom is -0.374 e. The van der Waals surface area contributed by atoms with Gasteiger partial charge in [0.1, 0.15) is 0 Å². The van der Waals surface area contributed by atoms with E-state index in [1.807, 2.05) is 43.1 Å². The minimum absolute atomic E-state index is 0.721. The van der Waals surface area contributed by atoms with E-state index in [2.05, 4.69) is 17.2 Å². The molecule has 74 valence electrons. The van der Waals surface area contributed by atoms with E-state index in [0.29, 0.717) is 0 Å². The molecule has 0 aliphatic carbocycles. The molecule has 0 radical (unpaired) electrons. The summed E-state index contributed by atoms with van der Waals surface area (Å²) in [6.45, 7) is 1.01. The topological polar surface area (TPSA) is 27.0 Å². The van der Waals surface area contributed by atoms with Gasteiger partial charge in [-0.2, -0.15) is 17.0 Å². The molecule has 0 bridgehead atoms. The van der Waals surface area contributed by atoms with Crippen LogP contribution in [0.2, 0.25) is 0 Å². The van der Waals surface area contributed by atoms with E-state index in [4.69, 9.17) is 5.26 Å². The Balaban J connectivity index is 2.70. The molecular weight excluding hydrogens is 192 g/mol. The standard InChI is InChI=1S/C11H14N2S/c1-13(6-7-14-2)11-5-3-4-10(8-11)9-12/h3-5,8H,6-7H2,1-2H3. The molecule has 1 aromatic carbocycles. The Hall–Kier alpha value is -1.14. The summed E-state index contributed by atoms with van der Waals surface area (Å²) in [5.41, 5.74) is 1.83. The van der Waals surface area contributed by atoms with E-state index in [0.717, 1.165) is 23.5 Å². The lowest BCUT2D eigenvalue weighted by molar-refractivity contribution is 0.978. The molecule has 0 aromatic heterocycles. The summed E-state index contributed by atoms with van der Waals surface area (Å²) in [6.07, 6.45) is 2.10. The first-order valence-electron chi connectivity index (χ1n) is 4.48. The number of thioether (sulfide) groups is 1. The molecule has 0 spiro atoms. The van der Waals surface area contributed by atoms with Crippen molar-refractivity contribution in [3.8, 4) is 6.07 Å². The van der Waals surface area contributed by atoms with Gasteiger partial charge in [-0.1, -0.05) is 6.07 Å². The minimum atomic E-state index is 0.721. The van der Waals surface area contributed by atoms with Gasteiger partial charge in [-0.05, 0) is 24.5 Å². The van der Waals surface area contributed by atoms with Gasteiger partial charge in [0.15, 0.2) is 0 Å². The Morgan fingerprint density at radius 2 is 2.29 bits per heavy atom. The number of rotatable bonds is 4. The lowest BCUT2D eigenvalue weighted by Gasteiger charge is -2.18. The first-order chi connectivity index (χ1) is 6.77. The van der Waals surface area contributed by atoms with Crippen LogP contribution in [0, 0.1) is 11.3 Å². The lowest BCUT2D eigenvalue weighted by atomic mass is 10.2. The van der Waals surface area contributed by atoms with Gasteiger partial charge in [0.05, 0.1) is 11.6 Å². The zero-order chi connectivity index (χ0) is 10.4. The van der Waals surface area contributed by atoms with Crippen LogP contribution < -0.4 is 4.90 Å². The van der Waals surface area contributed by atoms with Crippen LogP contribution in [0.4, 0.5) is 5.69 Å². The molecule has 0 aliphatic heterocycles. The average molecular weight is 206 g/mol. The van der Waals surface area contributed by atoms with Crippen molar-refractivity contribution in [2.75, 3.05) is 30.5 Å². The Labute approximate surface area is 89.5 Å². The lowest BCUT2D eigenvalue weighted by Crippen LogP contribution is -2.20. The molecule has 2 nitrogen and oxygen atoms in total. The Morgan fingerprint density at radius 3 is 2.93 bits per heavy atom. The summed E-state index contributed by atoms with van der Waals surface area (Å²) in [4.78, 5) is 2.16. The fourth-order valence-corrected chi connectivity index (χ4v) is 1.63. The summed E-state index contributed by atoms with van der Waals surface area (Å²) in [6, 6.07) is 9.84. The second-order valence-corrected chi connectivity index (χ2v) is 4.06. The number of nitrogens with zero attached hydrogens (tertiary/aromatic N) is 2. The molecule has 14 heavy (non-hydrogen) atoms. The number of hydrogen-bond acceptors (Lipinski definition) is 3. The zero-order valence-electron chi connectivity index (χ0n) is 8.53. The van der Waals surface area contributed by atoms with Crippen LogP contribution >= 0.6 is 11.8 Å². The molecule has 1 aromatic rings. The Kier molecular flexibility index (Phi) is 4.34. The van der Waals surface area contributed by atoms with Gasteiger partial charge in [0, 0.05) is 25.0 Å². The SMILES string of the molecule is CSCCN(C)c1cccc(C#N)c1. The second kappa shape index (κ2) is 5.56. The second-order valence-electron chi connectivity index (χ2n) is 3.08. The molecule has 0 aliphatic rings. The normalized spacial score (nSPS) is 9.50. The van der Waals surface area contributed by atoms with Gasteiger partial charge in [-0.3, -0.25) is 0 Å². The fourth-order valence-electron chi connectivity index (χ4n) is 1.17. The Bertz CT molecular complexity index is 330. The van der Waals surface area contributed by atoms with E-state index in [9.17, 15) is 0 Å². The van der Waals surface area contributed by atoms with Gasteiger partial charge in [-0.15, -0.1) is 0 Å². The number of anilines is 1. The van der Waals surface area contributed by atoms with E-state index in [1.54, 1.807) is 0 Å². The van der Waals surface area contributed by atoms with E-state index < -0.39 is 0 Å². The van der Waals surface area contributed by atoms with Crippen molar-refractivity contribution < 1.29 is 0 Å². The van der Waals surface area contributed by atoms with Gasteiger partial charge >= 0.3 is 0 Å². The van der Waals surface area contributed by atoms with Crippen molar-refractivity contribution in [2.24, 2.45) is 0 Å². The van der Waals surface area contributed by atoms with Gasteiger partial charge in [0.2, 0.25) is 0 Å². The molecule has 0 saturated carbocycles. The average Bonchev–Trinajstić information content (AvgIpc) is 2.26. The van der Waals surface area contributed by atoms with Crippen LogP contribution in [0.25, 0.3) is 0 Å². The zero-order valence-corrected chi connectivity index (χ0v) is 9.34. The van der Waals surface area contributed by atoms with Crippen molar-refractivity contribution in [3.05, 3.63) is 29.8 Å². The first-order valence-corrected chi connectivity index (χ1v) is 5.87. The van der Waals surface area contributed by atoms with Crippen molar-refractivity contribution in [1.82, 2.24) is 0 Å². The summed E-state index contributed by atoms with van der Waals surface area (Å²) < 4.78 is 0. The maximum atomic E-state index is 8.75. The quantitative estimate of drug-likeness (QED) is 0.756. The monoisotopic (exact) mass is 206 g/mol. The predicted molar refractivity (Wildman–Crippen MR) is 62.8 cm³/mol. The summed E-state index contributed by atoms with van der Waals surface area (Å²) in [5, 5.41) is 8.75. The van der Waals surface area contributed by atoms with Crippen molar-refractivity contribution in [1.29, 1.82) is 5.26 Å². The molecule has 0 amide bonds. The van der Waals surface area contributed by atoms with Gasteiger partial charge < -0.3 is 4.90 Å². The van der Waals surface area contributed by atoms with E-state index in [-0.39, 0.29) is 0 Å². The summed E-state index contributed by atoms with van der Waals surface area (Å²) >= 11 is 1.83. The number of nitriles is 1. The third kappa shape index (κ3) is 2.97. The predicted octanol–water partition coefficient (Wildman–Crippen LogP) is 2.36. The smallest absolute Gasteiger partial charge is 0.0992 e. The van der Waals surface area contributed by atoms with Crippen LogP contribution in [0.3, 0.4) is 0 Å². The molecule has 0 fully saturated rings. The van der Waals surface area contributed by atoms with Gasteiger partial charge in [0.25, 0.3) is 0 Å². The molecular formula is C11H14N2S. The maximum Gasteiger partial charge on any atom is 0.0992 e. The molecule has 0 unspecified atom stereocenters. The molecule has 0 atom stereocenters. The van der Waals surface area contributed by atoms with Crippen molar-refractivity contribution in [3.63, 3.8) is 0 Å². The largest absolute Gasteiger partial charge is 0.374 e. The van der Waals surface area contributed by atoms with Crippen molar-refractivity contribution >= 4 is 17.4 Å². The van der Waals surface area contributed by atoms with Gasteiger partial charge in [-0.25, -0.2) is 0 Å². The summed E-state index contributed by atoms with van der Waals surface area (Å²) in [5.74, 6) is 1.10. The van der Waals surface area contributed by atoms with Crippen LogP contribution in [0.15, 0.2) is 24.3 Å². The third-order valence-corrected chi connectivity index (χ3v) is 2.64. The van der Waals surface area contributed by atoms with E-state index in [1.165, 1.54) is 0 Å². The maximum absolute atomic E-state index is 8.75. The highest BCUT2D eigenvalue weighted by Crippen LogP contribution is 2.14. The van der Waals surface area contributed by atoms with E-state index >= 15 is 0 Å². The molecule has 1 rings (SSSR count). The van der Waals surface area contributed by atoms with Crippen molar-refractivity contribution in [2.45, 2.75) is 0 Å². The Morgan fingerprint density at radius 1 is 1.50 bits per heavy atom. The molecule has 3 heteroatoms. The molecule has 0 heterocycles. The van der Waals surface area contributed by atoms with Crippen LogP contribution in [0.5, 0.6) is 0 Å². The molecule has 0 saturated heterocycles. The van der Waals surface area contributed by atoms with Crippen LogP contribution in [0.1, 0.15) is 5.56 Å². The molecule has 0 N–H and O–H groups in total. The number of hydrogen-bond donors (Lipinski definition) is 0. The highest BCUT2D eigenvalue weighted by molar-refractivity contribution is 7.98. The highest BCUT2D eigenvalue weighted by Gasteiger charge is 2.00. The van der Waals surface area contributed by atoms with Crippen LogP contribution in [-0.4, -0.2) is 25.6 Å². The first kappa shape index (κ1) is 10.9. The summed E-state index contributed by atoms with van der Waals surface area (Å²) in [7, 11) is 2.05.